The molecule has 0 atom stereocenters. The number of rotatable bonds is 6. The number of amides is 4. The van der Waals surface area contributed by atoms with E-state index in [4.69, 9.17) is 0 Å². The van der Waals surface area contributed by atoms with Crippen LogP contribution in [0.2, 0.25) is 0 Å². The van der Waals surface area contributed by atoms with Gasteiger partial charge in [0.1, 0.15) is 12.2 Å². The highest BCUT2D eigenvalue weighted by molar-refractivity contribution is 6.16. The van der Waals surface area contributed by atoms with Crippen LogP contribution < -0.4 is 15.5 Å². The van der Waals surface area contributed by atoms with E-state index >= 15 is 0 Å². The number of carbonyl (C=O) groups excluding carboxylic acids is 3. The number of aryl methyl sites for hydroxylation is 2. The van der Waals surface area contributed by atoms with Crippen molar-refractivity contribution in [3.05, 3.63) is 70.4 Å². The van der Waals surface area contributed by atoms with Crippen molar-refractivity contribution < 1.29 is 14.4 Å². The van der Waals surface area contributed by atoms with Crippen molar-refractivity contribution in [2.75, 3.05) is 23.3 Å². The van der Waals surface area contributed by atoms with Crippen LogP contribution >= 0.6 is 0 Å². The Kier molecular flexibility index (Phi) is 6.76. The molecule has 4 rings (SSSR count). The lowest BCUT2D eigenvalue weighted by Crippen LogP contribution is -2.45. The molecule has 2 aliphatic rings. The van der Waals surface area contributed by atoms with Crippen molar-refractivity contribution in [1.29, 1.82) is 0 Å². The minimum Gasteiger partial charge on any atom is -0.362 e. The highest BCUT2D eigenvalue weighted by atomic mass is 16.2. The average Bonchev–Trinajstić information content (AvgIpc) is 3.04. The van der Waals surface area contributed by atoms with Crippen molar-refractivity contribution in [3.8, 4) is 0 Å². The van der Waals surface area contributed by atoms with Gasteiger partial charge < -0.3 is 15.5 Å². The number of benzene rings is 2. The van der Waals surface area contributed by atoms with Crippen LogP contribution in [0, 0.1) is 13.8 Å². The van der Waals surface area contributed by atoms with E-state index in [0.717, 1.165) is 40.1 Å². The fraction of sp³-hybridized carbons (Fsp3) is 0.345. The molecular formula is C29H34N4O3. The summed E-state index contributed by atoms with van der Waals surface area (Å²) in [6.45, 7) is 13.2. The van der Waals surface area contributed by atoms with Crippen LogP contribution in [0.15, 0.2) is 48.2 Å². The van der Waals surface area contributed by atoms with Gasteiger partial charge in [0.25, 0.3) is 5.91 Å². The maximum Gasteiger partial charge on any atom is 0.329 e. The van der Waals surface area contributed by atoms with Crippen LogP contribution in [0.25, 0.3) is 11.6 Å². The molecule has 1 saturated heterocycles. The number of imide groups is 1. The van der Waals surface area contributed by atoms with Crippen LogP contribution in [0.3, 0.4) is 0 Å². The molecule has 1 fully saturated rings. The third-order valence-corrected chi connectivity index (χ3v) is 6.68. The Morgan fingerprint density at radius 2 is 1.86 bits per heavy atom. The lowest BCUT2D eigenvalue weighted by atomic mass is 9.86. The summed E-state index contributed by atoms with van der Waals surface area (Å²) in [7, 11) is 0. The number of nitrogens with one attached hydrogen (secondary N) is 2. The number of hydrogen-bond donors (Lipinski definition) is 2. The molecule has 0 aliphatic carbocycles. The first kappa shape index (κ1) is 25.2. The topological polar surface area (TPSA) is 81.8 Å². The second kappa shape index (κ2) is 9.64. The van der Waals surface area contributed by atoms with Gasteiger partial charge in [-0.05, 0) is 93.6 Å². The van der Waals surface area contributed by atoms with E-state index in [-0.39, 0.29) is 17.8 Å². The summed E-state index contributed by atoms with van der Waals surface area (Å²) in [5.74, 6) is -0.952. The quantitative estimate of drug-likeness (QED) is 0.432. The molecule has 0 radical (unpaired) electrons. The molecular weight excluding hydrogens is 452 g/mol. The molecule has 2 heterocycles. The van der Waals surface area contributed by atoms with Gasteiger partial charge in [0.2, 0.25) is 5.91 Å². The molecule has 36 heavy (non-hydrogen) atoms. The number of carbonyl (C=O) groups is 3. The Bertz CT molecular complexity index is 1310. The number of fused-ring (bicyclic) bond motifs is 1. The first-order chi connectivity index (χ1) is 17.0. The van der Waals surface area contributed by atoms with E-state index in [1.807, 2.05) is 32.0 Å². The van der Waals surface area contributed by atoms with Gasteiger partial charge in [-0.25, -0.2) is 9.69 Å². The largest absolute Gasteiger partial charge is 0.362 e. The summed E-state index contributed by atoms with van der Waals surface area (Å²) >= 11 is 0. The van der Waals surface area contributed by atoms with E-state index < -0.39 is 17.8 Å². The molecule has 0 aromatic heterocycles. The van der Waals surface area contributed by atoms with Gasteiger partial charge in [-0.2, -0.15) is 0 Å². The highest BCUT2D eigenvalue weighted by Gasteiger charge is 2.35. The van der Waals surface area contributed by atoms with Gasteiger partial charge in [-0.15, -0.1) is 0 Å². The monoisotopic (exact) mass is 486 g/mol. The number of hydrogen-bond acceptors (Lipinski definition) is 4. The lowest BCUT2D eigenvalue weighted by Gasteiger charge is -2.43. The SMILES string of the molecule is CCCN1c2cc(C)c(/C=C3/NC(=O)N(CC(=O)Nc4cccc(C)c4)C3=O)cc2C(C)=CC1(C)C. The van der Waals surface area contributed by atoms with Gasteiger partial charge in [0.05, 0.1) is 5.54 Å². The van der Waals surface area contributed by atoms with Crippen molar-refractivity contribution >= 4 is 40.9 Å². The number of anilines is 2. The molecule has 2 aromatic carbocycles. The number of nitrogens with zero attached hydrogens (tertiary/aromatic N) is 2. The molecule has 0 saturated carbocycles. The molecule has 0 unspecified atom stereocenters. The minimum absolute atomic E-state index is 0.0889. The number of urea groups is 1. The molecule has 0 bridgehead atoms. The van der Waals surface area contributed by atoms with E-state index in [2.05, 4.69) is 61.4 Å². The molecule has 7 heteroatoms. The van der Waals surface area contributed by atoms with Gasteiger partial charge in [-0.1, -0.05) is 25.1 Å². The van der Waals surface area contributed by atoms with E-state index in [1.54, 1.807) is 12.1 Å². The zero-order chi connectivity index (χ0) is 26.2. The van der Waals surface area contributed by atoms with Crippen molar-refractivity contribution in [2.24, 2.45) is 0 Å². The Labute approximate surface area is 212 Å². The van der Waals surface area contributed by atoms with Crippen LogP contribution in [-0.2, 0) is 9.59 Å². The predicted octanol–water partition coefficient (Wildman–Crippen LogP) is 5.25. The van der Waals surface area contributed by atoms with Gasteiger partial charge in [-0.3, -0.25) is 9.59 Å². The molecule has 2 aromatic rings. The summed E-state index contributed by atoms with van der Waals surface area (Å²) in [5, 5.41) is 5.38. The Balaban J connectivity index is 1.57. The summed E-state index contributed by atoms with van der Waals surface area (Å²) in [5.41, 5.74) is 7.03. The summed E-state index contributed by atoms with van der Waals surface area (Å²) in [6.07, 6.45) is 5.01. The summed E-state index contributed by atoms with van der Waals surface area (Å²) in [4.78, 5) is 41.4. The third-order valence-electron chi connectivity index (χ3n) is 6.68. The zero-order valence-electron chi connectivity index (χ0n) is 21.9. The van der Waals surface area contributed by atoms with Crippen LogP contribution in [-0.4, -0.2) is 41.4 Å². The fourth-order valence-electron chi connectivity index (χ4n) is 4.97. The van der Waals surface area contributed by atoms with Crippen LogP contribution in [0.1, 0.15) is 56.4 Å². The molecule has 0 spiro atoms. The molecule has 188 valence electrons. The molecule has 4 amide bonds. The maximum atomic E-state index is 13.0. The lowest BCUT2D eigenvalue weighted by molar-refractivity contribution is -0.127. The normalized spacial score (nSPS) is 17.7. The predicted molar refractivity (Wildman–Crippen MR) is 145 cm³/mol. The first-order valence-electron chi connectivity index (χ1n) is 12.3. The summed E-state index contributed by atoms with van der Waals surface area (Å²) in [6, 6.07) is 11.0. The Morgan fingerprint density at radius 1 is 1.11 bits per heavy atom. The van der Waals surface area contributed by atoms with Crippen LogP contribution in [0.5, 0.6) is 0 Å². The standard InChI is InChI=1S/C29H34N4O3/c1-7-11-33-25-13-19(3)21(14-23(25)20(4)16-29(33,5)6)15-24-27(35)32(28(36)31-24)17-26(34)30-22-10-8-9-18(2)12-22/h8-10,12-16H,7,11,17H2,1-6H3,(H,30,34)(H,31,36)/b24-15+. The third kappa shape index (κ3) is 4.91. The first-order valence-corrected chi connectivity index (χ1v) is 12.3. The smallest absolute Gasteiger partial charge is 0.329 e. The van der Waals surface area contributed by atoms with Gasteiger partial charge >= 0.3 is 6.03 Å². The van der Waals surface area contributed by atoms with E-state index in [1.165, 1.54) is 11.3 Å². The second-order valence-electron chi connectivity index (χ2n) is 10.2. The maximum absolute atomic E-state index is 13.0. The molecule has 2 N–H and O–H groups in total. The fourth-order valence-corrected chi connectivity index (χ4v) is 4.97. The Morgan fingerprint density at radius 3 is 2.56 bits per heavy atom. The van der Waals surface area contributed by atoms with Crippen LogP contribution in [0.4, 0.5) is 16.2 Å². The highest BCUT2D eigenvalue weighted by Crippen LogP contribution is 2.40. The van der Waals surface area contributed by atoms with Crippen molar-refractivity contribution in [2.45, 2.75) is 53.5 Å². The van der Waals surface area contributed by atoms with E-state index in [0.29, 0.717) is 5.69 Å². The molecule has 2 aliphatic heterocycles. The zero-order valence-corrected chi connectivity index (χ0v) is 21.9. The Hall–Kier alpha value is -3.87. The second-order valence-corrected chi connectivity index (χ2v) is 10.2. The average molecular weight is 487 g/mol. The van der Waals surface area contributed by atoms with Gasteiger partial charge in [0.15, 0.2) is 0 Å². The van der Waals surface area contributed by atoms with Crippen molar-refractivity contribution in [3.63, 3.8) is 0 Å². The minimum atomic E-state index is -0.604. The number of allylic oxidation sites excluding steroid dienone is 1. The molecule has 7 nitrogen and oxygen atoms in total. The van der Waals surface area contributed by atoms with Crippen molar-refractivity contribution in [1.82, 2.24) is 10.2 Å². The van der Waals surface area contributed by atoms with E-state index in [9.17, 15) is 14.4 Å². The van der Waals surface area contributed by atoms with Gasteiger partial charge in [0, 0.05) is 23.5 Å². The summed E-state index contributed by atoms with van der Waals surface area (Å²) < 4.78 is 0.